The standard InChI is InChI=1S/C16H23N5O2S/c1-17-24(22,23)13-8-9-15(18-12-6-4-3-5-7-12)14(10-13)16-11-21(2)20-19-16/h8-12,17-18H,3-7H2,1-2H3. The third kappa shape index (κ3) is 3.59. The Morgan fingerprint density at radius 1 is 1.21 bits per heavy atom. The minimum absolute atomic E-state index is 0.222. The highest BCUT2D eigenvalue weighted by Gasteiger charge is 2.19. The van der Waals surface area contributed by atoms with Crippen LogP contribution in [0.25, 0.3) is 11.3 Å². The topological polar surface area (TPSA) is 88.9 Å². The van der Waals surface area contributed by atoms with Crippen LogP contribution in [-0.4, -0.2) is 36.5 Å². The largest absolute Gasteiger partial charge is 0.382 e. The number of nitrogens with one attached hydrogen (secondary N) is 2. The first-order valence-electron chi connectivity index (χ1n) is 8.20. The molecule has 3 rings (SSSR count). The Hall–Kier alpha value is -1.93. The molecule has 7 nitrogen and oxygen atoms in total. The van der Waals surface area contributed by atoms with E-state index in [4.69, 9.17) is 0 Å². The fourth-order valence-electron chi connectivity index (χ4n) is 3.08. The summed E-state index contributed by atoms with van der Waals surface area (Å²) in [6.45, 7) is 0. The number of anilines is 1. The van der Waals surface area contributed by atoms with E-state index in [1.54, 1.807) is 30.1 Å². The lowest BCUT2D eigenvalue weighted by Crippen LogP contribution is -2.23. The van der Waals surface area contributed by atoms with Crippen molar-refractivity contribution in [2.24, 2.45) is 7.05 Å². The predicted octanol–water partition coefficient (Wildman–Crippen LogP) is 2.13. The molecule has 1 aliphatic rings. The number of aryl methyl sites for hydroxylation is 1. The smallest absolute Gasteiger partial charge is 0.240 e. The summed E-state index contributed by atoms with van der Waals surface area (Å²) in [7, 11) is -0.306. The summed E-state index contributed by atoms with van der Waals surface area (Å²) in [5.41, 5.74) is 2.31. The number of rotatable bonds is 5. The normalized spacial score (nSPS) is 16.2. The SMILES string of the molecule is CNS(=O)(=O)c1ccc(NC2CCCCC2)c(-c2cn(C)nn2)c1. The van der Waals surface area contributed by atoms with Gasteiger partial charge in [-0.25, -0.2) is 13.1 Å². The monoisotopic (exact) mass is 349 g/mol. The molecule has 1 aromatic heterocycles. The molecule has 2 N–H and O–H groups in total. The average Bonchev–Trinajstić information content (AvgIpc) is 3.02. The van der Waals surface area contributed by atoms with Crippen LogP contribution in [0.4, 0.5) is 5.69 Å². The van der Waals surface area contributed by atoms with Crippen LogP contribution in [-0.2, 0) is 17.1 Å². The molecule has 1 saturated carbocycles. The Balaban J connectivity index is 2.00. The Labute approximate surface area is 142 Å². The number of nitrogens with zero attached hydrogens (tertiary/aromatic N) is 3. The molecule has 1 aliphatic carbocycles. The highest BCUT2D eigenvalue weighted by atomic mass is 32.2. The van der Waals surface area contributed by atoms with Gasteiger partial charge in [-0.05, 0) is 38.1 Å². The van der Waals surface area contributed by atoms with E-state index in [1.165, 1.54) is 26.3 Å². The summed E-state index contributed by atoms with van der Waals surface area (Å²) in [5, 5.41) is 11.7. The van der Waals surface area contributed by atoms with Gasteiger partial charge in [0.05, 0.1) is 11.1 Å². The number of sulfonamides is 1. The molecule has 0 amide bonds. The van der Waals surface area contributed by atoms with Gasteiger partial charge in [0.1, 0.15) is 5.69 Å². The molecular weight excluding hydrogens is 326 g/mol. The van der Waals surface area contributed by atoms with Crippen LogP contribution in [0, 0.1) is 0 Å². The first-order valence-corrected chi connectivity index (χ1v) is 9.69. The molecule has 0 atom stereocenters. The molecule has 0 unspecified atom stereocenters. The van der Waals surface area contributed by atoms with Gasteiger partial charge in [0.2, 0.25) is 10.0 Å². The summed E-state index contributed by atoms with van der Waals surface area (Å²) < 4.78 is 28.2. The van der Waals surface area contributed by atoms with Gasteiger partial charge >= 0.3 is 0 Å². The molecule has 0 aliphatic heterocycles. The van der Waals surface area contributed by atoms with Crippen LogP contribution >= 0.6 is 0 Å². The first-order chi connectivity index (χ1) is 11.5. The Morgan fingerprint density at radius 2 is 1.96 bits per heavy atom. The minimum atomic E-state index is -3.50. The van der Waals surface area contributed by atoms with Crippen molar-refractivity contribution in [1.82, 2.24) is 19.7 Å². The predicted molar refractivity (Wildman–Crippen MR) is 93.2 cm³/mol. The number of hydrogen-bond acceptors (Lipinski definition) is 5. The summed E-state index contributed by atoms with van der Waals surface area (Å²) in [6, 6.07) is 5.52. The quantitative estimate of drug-likeness (QED) is 0.863. The van der Waals surface area contributed by atoms with Crippen LogP contribution in [0.3, 0.4) is 0 Å². The lowest BCUT2D eigenvalue weighted by Gasteiger charge is -2.25. The zero-order valence-corrected chi connectivity index (χ0v) is 14.8. The second-order valence-corrected chi connectivity index (χ2v) is 8.06. The van der Waals surface area contributed by atoms with Crippen molar-refractivity contribution < 1.29 is 8.42 Å². The van der Waals surface area contributed by atoms with E-state index in [0.29, 0.717) is 11.7 Å². The third-order valence-electron chi connectivity index (χ3n) is 4.41. The molecule has 1 heterocycles. The molecule has 24 heavy (non-hydrogen) atoms. The summed E-state index contributed by atoms with van der Waals surface area (Å²) in [4.78, 5) is 0.222. The number of aromatic nitrogens is 3. The first kappa shape index (κ1) is 16.9. The molecule has 130 valence electrons. The fourth-order valence-corrected chi connectivity index (χ4v) is 3.84. The van der Waals surface area contributed by atoms with Crippen molar-refractivity contribution in [1.29, 1.82) is 0 Å². The zero-order valence-electron chi connectivity index (χ0n) is 14.0. The van der Waals surface area contributed by atoms with Gasteiger partial charge in [0.15, 0.2) is 0 Å². The van der Waals surface area contributed by atoms with E-state index >= 15 is 0 Å². The third-order valence-corrected chi connectivity index (χ3v) is 5.83. The van der Waals surface area contributed by atoms with Crippen molar-refractivity contribution in [3.8, 4) is 11.3 Å². The molecule has 8 heteroatoms. The highest BCUT2D eigenvalue weighted by Crippen LogP contribution is 2.31. The fraction of sp³-hybridized carbons (Fsp3) is 0.500. The van der Waals surface area contributed by atoms with Crippen molar-refractivity contribution in [3.05, 3.63) is 24.4 Å². The Kier molecular flexibility index (Phi) is 4.86. The van der Waals surface area contributed by atoms with E-state index in [9.17, 15) is 8.42 Å². The summed E-state index contributed by atoms with van der Waals surface area (Å²) >= 11 is 0. The van der Waals surface area contributed by atoms with Crippen molar-refractivity contribution in [3.63, 3.8) is 0 Å². The molecule has 0 saturated heterocycles. The van der Waals surface area contributed by atoms with Gasteiger partial charge in [-0.15, -0.1) is 5.10 Å². The van der Waals surface area contributed by atoms with E-state index in [1.807, 2.05) is 6.07 Å². The second kappa shape index (κ2) is 6.90. The van der Waals surface area contributed by atoms with Crippen LogP contribution in [0.2, 0.25) is 0 Å². The second-order valence-electron chi connectivity index (χ2n) is 6.17. The van der Waals surface area contributed by atoms with Gasteiger partial charge in [-0.1, -0.05) is 24.5 Å². The van der Waals surface area contributed by atoms with Crippen molar-refractivity contribution >= 4 is 15.7 Å². The molecular formula is C16H23N5O2S. The van der Waals surface area contributed by atoms with E-state index < -0.39 is 10.0 Å². The maximum absolute atomic E-state index is 12.1. The summed E-state index contributed by atoms with van der Waals surface area (Å²) in [5.74, 6) is 0. The maximum Gasteiger partial charge on any atom is 0.240 e. The van der Waals surface area contributed by atoms with Crippen molar-refractivity contribution in [2.45, 2.75) is 43.0 Å². The lowest BCUT2D eigenvalue weighted by atomic mass is 9.95. The summed E-state index contributed by atoms with van der Waals surface area (Å²) in [6.07, 6.45) is 7.80. The van der Waals surface area contributed by atoms with Gasteiger partial charge in [0.25, 0.3) is 0 Å². The molecule has 1 fully saturated rings. The van der Waals surface area contributed by atoms with Gasteiger partial charge in [-0.2, -0.15) is 0 Å². The number of benzene rings is 1. The van der Waals surface area contributed by atoms with Crippen LogP contribution in [0.1, 0.15) is 32.1 Å². The van der Waals surface area contributed by atoms with Crippen LogP contribution < -0.4 is 10.0 Å². The maximum atomic E-state index is 12.1. The Bertz CT molecular complexity index is 810. The van der Waals surface area contributed by atoms with Crippen LogP contribution in [0.5, 0.6) is 0 Å². The van der Waals surface area contributed by atoms with Gasteiger partial charge in [-0.3, -0.25) is 4.68 Å². The van der Waals surface area contributed by atoms with Crippen LogP contribution in [0.15, 0.2) is 29.3 Å². The van der Waals surface area contributed by atoms with Crippen molar-refractivity contribution in [2.75, 3.05) is 12.4 Å². The van der Waals surface area contributed by atoms with Gasteiger partial charge in [0, 0.05) is 24.3 Å². The zero-order chi connectivity index (χ0) is 17.2. The van der Waals surface area contributed by atoms with E-state index in [-0.39, 0.29) is 4.90 Å². The molecule has 2 aromatic rings. The van der Waals surface area contributed by atoms with Gasteiger partial charge < -0.3 is 5.32 Å². The lowest BCUT2D eigenvalue weighted by molar-refractivity contribution is 0.463. The number of hydrogen-bond donors (Lipinski definition) is 2. The minimum Gasteiger partial charge on any atom is -0.382 e. The molecule has 0 radical (unpaired) electrons. The van der Waals surface area contributed by atoms with E-state index in [2.05, 4.69) is 20.4 Å². The molecule has 1 aromatic carbocycles. The average molecular weight is 349 g/mol. The van der Waals surface area contributed by atoms with E-state index in [0.717, 1.165) is 24.1 Å². The Morgan fingerprint density at radius 3 is 2.58 bits per heavy atom. The molecule has 0 bridgehead atoms. The highest BCUT2D eigenvalue weighted by molar-refractivity contribution is 7.89. The molecule has 0 spiro atoms.